The average molecular weight is 930 g/mol. The summed E-state index contributed by atoms with van der Waals surface area (Å²) >= 11 is 0. The van der Waals surface area contributed by atoms with E-state index in [4.69, 9.17) is 31.4 Å². The van der Waals surface area contributed by atoms with Crippen LogP contribution in [0.25, 0.3) is 0 Å². The molecule has 2 aliphatic heterocycles. The Morgan fingerprint density at radius 3 is 1.79 bits per heavy atom. The van der Waals surface area contributed by atoms with Crippen LogP contribution in [0.3, 0.4) is 0 Å². The van der Waals surface area contributed by atoms with Gasteiger partial charge in [-0.25, -0.2) is 4.79 Å². The van der Waals surface area contributed by atoms with Crippen molar-refractivity contribution in [2.24, 2.45) is 0 Å². The van der Waals surface area contributed by atoms with Crippen LogP contribution < -0.4 is 38.5 Å². The lowest BCUT2D eigenvalue weighted by atomic mass is 9.88. The van der Waals surface area contributed by atoms with Crippen LogP contribution >= 0.6 is 0 Å². The number of nitrogens with two attached hydrogens (primary N) is 3. The summed E-state index contributed by atoms with van der Waals surface area (Å²) in [5.74, 6) is 0.497. The molecule has 0 bridgehead atoms. The smallest absolute Gasteiger partial charge is 0.412 e. The Bertz CT molecular complexity index is 2360. The molecule has 5 aromatic rings. The molecule has 5 atom stereocenters. The summed E-state index contributed by atoms with van der Waals surface area (Å²) in [6, 6.07) is 38.6. The molecule has 366 valence electrons. The summed E-state index contributed by atoms with van der Waals surface area (Å²) in [6.45, 7) is 15.7. The van der Waals surface area contributed by atoms with Crippen molar-refractivity contribution in [1.29, 1.82) is 0 Å². The molecule has 5 aromatic carbocycles. The Hall–Kier alpha value is -6.48. The van der Waals surface area contributed by atoms with E-state index < -0.39 is 11.7 Å². The van der Waals surface area contributed by atoms with Gasteiger partial charge in [-0.3, -0.25) is 10.1 Å². The van der Waals surface area contributed by atoms with Crippen LogP contribution in [0.2, 0.25) is 0 Å². The molecule has 2 amide bonds. The van der Waals surface area contributed by atoms with Gasteiger partial charge < -0.3 is 57.2 Å². The topological polar surface area (TPSA) is 194 Å². The second kappa shape index (κ2) is 25.0. The Labute approximate surface area is 404 Å². The molecular weight excluding hydrogens is 855 g/mol. The van der Waals surface area contributed by atoms with Crippen molar-refractivity contribution in [3.05, 3.63) is 138 Å². The number of rotatable bonds is 13. The van der Waals surface area contributed by atoms with Gasteiger partial charge in [0.15, 0.2) is 0 Å². The molecule has 0 radical (unpaired) electrons. The lowest BCUT2D eigenvalue weighted by Crippen LogP contribution is -2.35. The number of hydrogen-bond acceptors (Lipinski definition) is 12. The maximum Gasteiger partial charge on any atom is 0.412 e. The zero-order valence-corrected chi connectivity index (χ0v) is 41.5. The number of amides is 2. The van der Waals surface area contributed by atoms with Gasteiger partial charge in [0.1, 0.15) is 5.60 Å². The van der Waals surface area contributed by atoms with E-state index in [1.807, 2.05) is 76.0 Å². The van der Waals surface area contributed by atoms with Crippen LogP contribution in [-0.2, 0) is 19.0 Å². The van der Waals surface area contributed by atoms with E-state index in [1.54, 1.807) is 25.3 Å². The highest BCUT2D eigenvalue weighted by atomic mass is 16.6. The quantitative estimate of drug-likeness (QED) is 0.0553. The minimum absolute atomic E-state index is 0.106. The number of nitrogens with zero attached hydrogens (tertiary/aromatic N) is 2. The molecule has 5 unspecified atom stereocenters. The largest absolute Gasteiger partial charge is 0.444 e. The van der Waals surface area contributed by atoms with E-state index in [9.17, 15) is 9.59 Å². The number of hydrogen-bond donors (Lipinski definition) is 7. The molecule has 0 aromatic heterocycles. The lowest BCUT2D eigenvalue weighted by Gasteiger charge is -2.30. The fourth-order valence-corrected chi connectivity index (χ4v) is 7.91. The number of likely N-dealkylation sites (tertiary alicyclic amines) is 1. The van der Waals surface area contributed by atoms with Gasteiger partial charge in [-0.15, -0.1) is 0 Å². The molecule has 0 saturated carbocycles. The fraction of sp³-hybridized carbons (Fsp3) is 0.407. The Morgan fingerprint density at radius 2 is 1.26 bits per heavy atom. The third-order valence-electron chi connectivity index (χ3n) is 11.8. The predicted octanol–water partition coefficient (Wildman–Crippen LogP) is 10.3. The molecular formula is C54H75N9O5. The van der Waals surface area contributed by atoms with Gasteiger partial charge in [-0.2, -0.15) is 0 Å². The van der Waals surface area contributed by atoms with Crippen molar-refractivity contribution < 1.29 is 23.8 Å². The maximum absolute atomic E-state index is 12.0. The maximum atomic E-state index is 12.0. The summed E-state index contributed by atoms with van der Waals surface area (Å²) in [5, 5.41) is 12.9. The van der Waals surface area contributed by atoms with Crippen molar-refractivity contribution in [2.75, 3.05) is 92.5 Å². The summed E-state index contributed by atoms with van der Waals surface area (Å²) in [5.41, 5.74) is 27.9. The third-order valence-corrected chi connectivity index (χ3v) is 11.8. The molecule has 0 spiro atoms. The molecule has 2 aliphatic rings. The van der Waals surface area contributed by atoms with E-state index in [1.165, 1.54) is 22.3 Å². The average Bonchev–Trinajstić information content (AvgIpc) is 3.30. The molecule has 14 nitrogen and oxygen atoms in total. The van der Waals surface area contributed by atoms with Crippen molar-refractivity contribution in [2.45, 2.75) is 90.1 Å². The number of carbonyl (C=O) groups excluding carboxylic acids is 2. The molecule has 10 N–H and O–H groups in total. The first kappa shape index (κ1) is 52.5. The summed E-state index contributed by atoms with van der Waals surface area (Å²) < 4.78 is 16.2. The van der Waals surface area contributed by atoms with Crippen LogP contribution in [-0.4, -0.2) is 87.5 Å². The molecule has 68 heavy (non-hydrogen) atoms. The number of morpholine rings is 1. The van der Waals surface area contributed by atoms with E-state index in [0.717, 1.165) is 61.1 Å². The highest BCUT2D eigenvalue weighted by Gasteiger charge is 2.25. The summed E-state index contributed by atoms with van der Waals surface area (Å²) in [6.07, 6.45) is 1.19. The summed E-state index contributed by atoms with van der Waals surface area (Å²) in [7, 11) is 5.64. The van der Waals surface area contributed by atoms with Gasteiger partial charge in [-0.05, 0) is 126 Å². The Balaban J connectivity index is 0.000000191. The molecule has 7 rings (SSSR count). The highest BCUT2D eigenvalue weighted by Crippen LogP contribution is 2.34. The lowest BCUT2D eigenvalue weighted by molar-refractivity contribution is -0.132. The number of likely N-dealkylation sites (N-methyl/N-ethyl adjacent to an activating group) is 1. The van der Waals surface area contributed by atoms with Crippen LogP contribution in [0, 0.1) is 0 Å². The number of nitrogens with one attached hydrogen (secondary N) is 4. The first-order valence-electron chi connectivity index (χ1n) is 23.5. The van der Waals surface area contributed by atoms with Gasteiger partial charge in [0.05, 0.1) is 53.4 Å². The van der Waals surface area contributed by atoms with E-state index in [-0.39, 0.29) is 36.1 Å². The Morgan fingerprint density at radius 1 is 0.735 bits per heavy atom. The highest BCUT2D eigenvalue weighted by molar-refractivity contribution is 5.87. The summed E-state index contributed by atoms with van der Waals surface area (Å²) in [4.78, 5) is 27.8. The first-order valence-corrected chi connectivity index (χ1v) is 23.5. The van der Waals surface area contributed by atoms with Gasteiger partial charge in [0.2, 0.25) is 5.91 Å². The standard InChI is InChI=1S/C20H25N3O.C19H25N3O.C15H25N3O3/c1-14(15-6-4-3-5-7-15)22-19-12-16(8-9-18(19)21)17-10-11-23(2)20(24)13-17;1-14(15-6-4-3-5-7-15)21-18-12-16(8-9-17(18)20)19-13-22(2)10-11-23-19;1-10(9-20-5)17-13-8-11(6-7-12(13)16)18-14(19)21-15(2,3)4/h3-9,12,14,17,22H,10-11,13,21H2,1-2H3;3-9,12,14,19,21H,10-11,13,20H2,1-2H3;6-8,10,17H,9,16H2,1-5H3,(H,18,19). The minimum atomic E-state index is -0.536. The van der Waals surface area contributed by atoms with E-state index >= 15 is 0 Å². The van der Waals surface area contributed by atoms with Crippen LogP contribution in [0.5, 0.6) is 0 Å². The normalized spacial score (nSPS) is 17.5. The third kappa shape index (κ3) is 16.4. The monoisotopic (exact) mass is 930 g/mol. The molecule has 2 heterocycles. The van der Waals surface area contributed by atoms with Gasteiger partial charge in [-0.1, -0.05) is 72.8 Å². The number of ether oxygens (including phenoxy) is 3. The van der Waals surface area contributed by atoms with Crippen LogP contribution in [0.1, 0.15) is 101 Å². The van der Waals surface area contributed by atoms with Crippen molar-refractivity contribution in [1.82, 2.24) is 9.80 Å². The van der Waals surface area contributed by atoms with Gasteiger partial charge >= 0.3 is 6.09 Å². The molecule has 14 heteroatoms. The molecule has 0 aliphatic carbocycles. The van der Waals surface area contributed by atoms with Gasteiger partial charge in [0.25, 0.3) is 0 Å². The predicted molar refractivity (Wildman–Crippen MR) is 280 cm³/mol. The fourth-order valence-electron chi connectivity index (χ4n) is 7.91. The molecule has 2 fully saturated rings. The number of anilines is 7. The number of piperidine rings is 1. The van der Waals surface area contributed by atoms with Crippen LogP contribution in [0.15, 0.2) is 115 Å². The zero-order valence-electron chi connectivity index (χ0n) is 41.5. The SMILES string of the molecule is CC(Nc1cc(C2CCN(C)C(=O)C2)ccc1N)c1ccccc1.CC(Nc1cc(C2CN(C)CCO2)ccc1N)c1ccccc1.COCC(C)Nc1cc(NC(=O)OC(C)(C)C)ccc1N. The van der Waals surface area contributed by atoms with Crippen molar-refractivity contribution in [3.63, 3.8) is 0 Å². The number of nitrogen functional groups attached to an aromatic ring is 3. The second-order valence-corrected chi connectivity index (χ2v) is 18.8. The van der Waals surface area contributed by atoms with Gasteiger partial charge in [0, 0.05) is 64.0 Å². The van der Waals surface area contributed by atoms with Crippen molar-refractivity contribution in [3.8, 4) is 0 Å². The minimum Gasteiger partial charge on any atom is -0.444 e. The van der Waals surface area contributed by atoms with Crippen molar-refractivity contribution >= 4 is 51.8 Å². The number of carbonyl (C=O) groups is 2. The Kier molecular flexibility index (Phi) is 19.3. The number of methoxy groups -OCH3 is 1. The van der Waals surface area contributed by atoms with E-state index in [0.29, 0.717) is 24.4 Å². The van der Waals surface area contributed by atoms with Crippen LogP contribution in [0.4, 0.5) is 44.6 Å². The first-order chi connectivity index (χ1) is 32.4. The zero-order chi connectivity index (χ0) is 49.4. The second-order valence-electron chi connectivity index (χ2n) is 18.8. The molecule has 2 saturated heterocycles. The number of benzene rings is 5. The van der Waals surface area contributed by atoms with E-state index in [2.05, 4.69) is 108 Å².